The minimum atomic E-state index is -0.180. The second kappa shape index (κ2) is 4.74. The van der Waals surface area contributed by atoms with E-state index in [2.05, 4.69) is 31.2 Å². The van der Waals surface area contributed by atoms with Gasteiger partial charge in [-0.2, -0.15) is 0 Å². The molecule has 0 spiro atoms. The standard InChI is InChI=1S/C15H18O2/c1-15(13-6-4-3-5-7-13)10-8-12(9-11-15)14(16)17-2/h3-8H,9-11H2,1-2H3/t15-/m1/s1. The predicted molar refractivity (Wildman–Crippen MR) is 67.7 cm³/mol. The molecule has 90 valence electrons. The van der Waals surface area contributed by atoms with Crippen molar-refractivity contribution in [3.8, 4) is 0 Å². The van der Waals surface area contributed by atoms with Gasteiger partial charge in [-0.3, -0.25) is 0 Å². The molecule has 0 saturated heterocycles. The Morgan fingerprint density at radius 3 is 2.53 bits per heavy atom. The summed E-state index contributed by atoms with van der Waals surface area (Å²) in [6, 6.07) is 10.5. The zero-order chi connectivity index (χ0) is 12.3. The first-order valence-corrected chi connectivity index (χ1v) is 5.98. The third kappa shape index (κ3) is 2.41. The average molecular weight is 230 g/mol. The molecule has 0 fully saturated rings. The lowest BCUT2D eigenvalue weighted by Gasteiger charge is -2.32. The number of hydrogen-bond donors (Lipinski definition) is 0. The number of rotatable bonds is 2. The van der Waals surface area contributed by atoms with Crippen LogP contribution >= 0.6 is 0 Å². The second-order valence-electron chi connectivity index (χ2n) is 4.85. The van der Waals surface area contributed by atoms with Crippen LogP contribution in [-0.4, -0.2) is 13.1 Å². The molecule has 2 rings (SSSR count). The number of allylic oxidation sites excluding steroid dienone is 1. The Morgan fingerprint density at radius 1 is 1.29 bits per heavy atom. The van der Waals surface area contributed by atoms with Gasteiger partial charge in [0.15, 0.2) is 0 Å². The molecular weight excluding hydrogens is 212 g/mol. The average Bonchev–Trinajstić information content (AvgIpc) is 2.40. The predicted octanol–water partition coefficient (Wildman–Crippen LogP) is 3.23. The van der Waals surface area contributed by atoms with Crippen LogP contribution in [0.15, 0.2) is 42.0 Å². The smallest absolute Gasteiger partial charge is 0.333 e. The van der Waals surface area contributed by atoms with Crippen LogP contribution in [0.2, 0.25) is 0 Å². The summed E-state index contributed by atoms with van der Waals surface area (Å²) in [4.78, 5) is 11.4. The van der Waals surface area contributed by atoms with Crippen LogP contribution < -0.4 is 0 Å². The summed E-state index contributed by atoms with van der Waals surface area (Å²) >= 11 is 0. The van der Waals surface area contributed by atoms with E-state index in [9.17, 15) is 4.79 Å². The van der Waals surface area contributed by atoms with Gasteiger partial charge in [0.05, 0.1) is 7.11 Å². The molecule has 2 nitrogen and oxygen atoms in total. The van der Waals surface area contributed by atoms with Crippen molar-refractivity contribution in [3.63, 3.8) is 0 Å². The molecule has 1 atom stereocenters. The molecule has 0 heterocycles. The van der Waals surface area contributed by atoms with Crippen molar-refractivity contribution in [2.45, 2.75) is 31.6 Å². The van der Waals surface area contributed by atoms with Crippen LogP contribution in [0.25, 0.3) is 0 Å². The lowest BCUT2D eigenvalue weighted by atomic mass is 9.72. The van der Waals surface area contributed by atoms with Gasteiger partial charge in [0.2, 0.25) is 0 Å². The van der Waals surface area contributed by atoms with Gasteiger partial charge >= 0.3 is 5.97 Å². The Bertz CT molecular complexity index is 433. The van der Waals surface area contributed by atoms with Crippen LogP contribution in [-0.2, 0) is 14.9 Å². The zero-order valence-corrected chi connectivity index (χ0v) is 10.4. The largest absolute Gasteiger partial charge is 0.466 e. The Balaban J connectivity index is 2.17. The van der Waals surface area contributed by atoms with E-state index in [4.69, 9.17) is 4.74 Å². The van der Waals surface area contributed by atoms with E-state index in [1.165, 1.54) is 12.7 Å². The molecule has 1 aromatic carbocycles. The van der Waals surface area contributed by atoms with E-state index < -0.39 is 0 Å². The first-order valence-electron chi connectivity index (χ1n) is 5.98. The summed E-state index contributed by atoms with van der Waals surface area (Å²) < 4.78 is 4.76. The summed E-state index contributed by atoms with van der Waals surface area (Å²) in [7, 11) is 1.44. The SMILES string of the molecule is COC(=O)C1=CC[C@@](C)(c2ccccc2)CC1. The van der Waals surface area contributed by atoms with Crippen molar-refractivity contribution < 1.29 is 9.53 Å². The highest BCUT2D eigenvalue weighted by molar-refractivity contribution is 5.88. The molecule has 0 N–H and O–H groups in total. The van der Waals surface area contributed by atoms with Crippen molar-refractivity contribution in [2.75, 3.05) is 7.11 Å². The normalized spacial score (nSPS) is 24.0. The Morgan fingerprint density at radius 2 is 2.00 bits per heavy atom. The quantitative estimate of drug-likeness (QED) is 0.729. The van der Waals surface area contributed by atoms with E-state index in [0.29, 0.717) is 0 Å². The zero-order valence-electron chi connectivity index (χ0n) is 10.4. The van der Waals surface area contributed by atoms with Crippen LogP contribution in [0.1, 0.15) is 31.7 Å². The molecule has 0 saturated carbocycles. The molecule has 0 aliphatic heterocycles. The van der Waals surface area contributed by atoms with Crippen LogP contribution in [0, 0.1) is 0 Å². The Labute approximate surface area is 102 Å². The minimum Gasteiger partial charge on any atom is -0.466 e. The van der Waals surface area contributed by atoms with Crippen LogP contribution in [0.3, 0.4) is 0 Å². The summed E-state index contributed by atoms with van der Waals surface area (Å²) in [5, 5.41) is 0. The van der Waals surface area contributed by atoms with E-state index in [-0.39, 0.29) is 11.4 Å². The maximum atomic E-state index is 11.4. The maximum absolute atomic E-state index is 11.4. The first-order chi connectivity index (χ1) is 8.15. The number of hydrogen-bond acceptors (Lipinski definition) is 2. The summed E-state index contributed by atoms with van der Waals surface area (Å²) in [6.07, 6.45) is 4.74. The van der Waals surface area contributed by atoms with Crippen molar-refractivity contribution >= 4 is 5.97 Å². The third-order valence-electron chi connectivity index (χ3n) is 3.66. The number of esters is 1. The fourth-order valence-corrected chi connectivity index (χ4v) is 2.38. The highest BCUT2D eigenvalue weighted by Gasteiger charge is 2.30. The van der Waals surface area contributed by atoms with Crippen LogP contribution in [0.4, 0.5) is 0 Å². The molecule has 1 aliphatic carbocycles. The van der Waals surface area contributed by atoms with Gasteiger partial charge in [-0.15, -0.1) is 0 Å². The number of benzene rings is 1. The van der Waals surface area contributed by atoms with Gasteiger partial charge in [-0.25, -0.2) is 4.79 Å². The number of ether oxygens (including phenoxy) is 1. The lowest BCUT2D eigenvalue weighted by molar-refractivity contribution is -0.136. The maximum Gasteiger partial charge on any atom is 0.333 e. The summed E-state index contributed by atoms with van der Waals surface area (Å²) in [5.74, 6) is -0.180. The molecule has 0 bridgehead atoms. The summed E-state index contributed by atoms with van der Waals surface area (Å²) in [6.45, 7) is 2.26. The van der Waals surface area contributed by atoms with Gasteiger partial charge in [0.25, 0.3) is 0 Å². The Kier molecular flexibility index (Phi) is 3.32. The Hall–Kier alpha value is -1.57. The van der Waals surface area contributed by atoms with Gasteiger partial charge in [-0.1, -0.05) is 43.3 Å². The molecule has 0 radical (unpaired) electrons. The van der Waals surface area contributed by atoms with E-state index in [1.807, 2.05) is 12.1 Å². The summed E-state index contributed by atoms with van der Waals surface area (Å²) in [5.41, 5.74) is 2.32. The molecule has 17 heavy (non-hydrogen) atoms. The van der Waals surface area contributed by atoms with Gasteiger partial charge < -0.3 is 4.74 Å². The molecule has 0 aromatic heterocycles. The molecule has 1 aromatic rings. The molecule has 0 amide bonds. The highest BCUT2D eigenvalue weighted by atomic mass is 16.5. The first kappa shape index (κ1) is 11.9. The van der Waals surface area contributed by atoms with Gasteiger partial charge in [0.1, 0.15) is 0 Å². The van der Waals surface area contributed by atoms with Crippen molar-refractivity contribution in [3.05, 3.63) is 47.5 Å². The van der Waals surface area contributed by atoms with Crippen molar-refractivity contribution in [1.29, 1.82) is 0 Å². The van der Waals surface area contributed by atoms with Gasteiger partial charge in [0, 0.05) is 5.57 Å². The van der Waals surface area contributed by atoms with E-state index in [1.54, 1.807) is 0 Å². The molecule has 1 aliphatic rings. The fourth-order valence-electron chi connectivity index (χ4n) is 2.38. The van der Waals surface area contributed by atoms with E-state index >= 15 is 0 Å². The highest BCUT2D eigenvalue weighted by Crippen LogP contribution is 2.38. The topological polar surface area (TPSA) is 26.3 Å². The van der Waals surface area contributed by atoms with Crippen molar-refractivity contribution in [2.24, 2.45) is 0 Å². The molecular formula is C15H18O2. The number of methoxy groups -OCH3 is 1. The number of carbonyl (C=O) groups is 1. The third-order valence-corrected chi connectivity index (χ3v) is 3.66. The molecule has 2 heteroatoms. The van der Waals surface area contributed by atoms with E-state index in [0.717, 1.165) is 24.8 Å². The fraction of sp³-hybridized carbons (Fsp3) is 0.400. The van der Waals surface area contributed by atoms with Crippen molar-refractivity contribution in [1.82, 2.24) is 0 Å². The minimum absolute atomic E-state index is 0.152. The monoisotopic (exact) mass is 230 g/mol. The van der Waals surface area contributed by atoms with Gasteiger partial charge in [-0.05, 0) is 30.2 Å². The lowest BCUT2D eigenvalue weighted by Crippen LogP contribution is -2.25. The van der Waals surface area contributed by atoms with Crippen LogP contribution in [0.5, 0.6) is 0 Å². The molecule has 0 unspecified atom stereocenters. The number of carbonyl (C=O) groups excluding carboxylic acids is 1. The second-order valence-corrected chi connectivity index (χ2v) is 4.85.